The van der Waals surface area contributed by atoms with Gasteiger partial charge in [-0.3, -0.25) is 14.4 Å². The van der Waals surface area contributed by atoms with Crippen LogP contribution in [0.15, 0.2) is 23.8 Å². The molecule has 0 aromatic heterocycles. The summed E-state index contributed by atoms with van der Waals surface area (Å²) in [6.45, 7) is 4.31. The van der Waals surface area contributed by atoms with E-state index in [1.165, 1.54) is 25.2 Å². The number of Topliss-reactive ketones (excluding diaryl/α,β-unsaturated/α-hetero) is 1. The minimum Gasteiger partial charge on any atom is -0.458 e. The number of halogens is 2. The molecule has 0 aromatic rings. The first kappa shape index (κ1) is 21.3. The van der Waals surface area contributed by atoms with Crippen LogP contribution in [-0.4, -0.2) is 47.2 Å². The Morgan fingerprint density at radius 2 is 1.97 bits per heavy atom. The Morgan fingerprint density at radius 1 is 1.27 bits per heavy atom. The SMILES string of the molecule is CC(=O)OCC(=O)[C@H]1CCC2[C@@H]3C[C@H](F)C4=CC(=O)C=C[C@]4(C)[C@@]3(F)[C@@H](O)C[C@@]21C. The molecule has 7 heteroatoms. The second-order valence-electron chi connectivity index (χ2n) is 9.82. The number of rotatable bonds is 3. The number of ether oxygens (including phenoxy) is 1. The molecule has 3 saturated carbocycles. The molecule has 4 aliphatic rings. The fraction of sp³-hybridized carbons (Fsp3) is 0.696. The van der Waals surface area contributed by atoms with E-state index >= 15 is 8.78 Å². The number of carbonyl (C=O) groups is 3. The van der Waals surface area contributed by atoms with Crippen LogP contribution < -0.4 is 0 Å². The lowest BCUT2D eigenvalue weighted by atomic mass is 9.45. The number of aliphatic hydroxyl groups is 1. The van der Waals surface area contributed by atoms with Crippen molar-refractivity contribution in [1.82, 2.24) is 0 Å². The van der Waals surface area contributed by atoms with Crippen molar-refractivity contribution < 1.29 is 33.0 Å². The molecule has 0 heterocycles. The van der Waals surface area contributed by atoms with Crippen LogP contribution in [0.1, 0.15) is 46.5 Å². The molecule has 4 aliphatic carbocycles. The summed E-state index contributed by atoms with van der Waals surface area (Å²) in [7, 11) is 0. The van der Waals surface area contributed by atoms with Crippen LogP contribution in [0.4, 0.5) is 8.78 Å². The van der Waals surface area contributed by atoms with Gasteiger partial charge in [0, 0.05) is 24.2 Å². The van der Waals surface area contributed by atoms with E-state index in [-0.39, 0.29) is 42.5 Å². The quantitative estimate of drug-likeness (QED) is 0.707. The van der Waals surface area contributed by atoms with Crippen molar-refractivity contribution in [1.29, 1.82) is 0 Å². The Kier molecular flexibility index (Phi) is 4.84. The average Bonchev–Trinajstić information content (AvgIpc) is 3.00. The average molecular weight is 422 g/mol. The number of hydrogen-bond donors (Lipinski definition) is 1. The number of carbonyl (C=O) groups excluding carboxylic acids is 3. The number of aliphatic hydroxyl groups excluding tert-OH is 1. The predicted octanol–water partition coefficient (Wildman–Crippen LogP) is 3.05. The summed E-state index contributed by atoms with van der Waals surface area (Å²) < 4.78 is 36.9. The number of allylic oxidation sites excluding steroid dienone is 4. The van der Waals surface area contributed by atoms with Gasteiger partial charge in [-0.2, -0.15) is 0 Å². The molecule has 1 N–H and O–H groups in total. The van der Waals surface area contributed by atoms with Gasteiger partial charge in [0.1, 0.15) is 12.8 Å². The maximum atomic E-state index is 16.8. The standard InChI is InChI=1S/C23H28F2O5/c1-12(26)30-11-19(28)15-5-4-14-16-9-18(24)17-8-13(27)6-7-22(17,3)23(16,25)20(29)10-21(14,15)2/h6-8,14-16,18,20,29H,4-5,9-11H2,1-3H3/t14?,15-,16+,18+,20+,21+,22+,23+/m1/s1. The Labute approximate surface area is 174 Å². The van der Waals surface area contributed by atoms with Crippen molar-refractivity contribution in [2.24, 2.45) is 28.6 Å². The van der Waals surface area contributed by atoms with E-state index in [9.17, 15) is 19.5 Å². The first-order valence-electron chi connectivity index (χ1n) is 10.6. The number of ketones is 2. The Morgan fingerprint density at radius 3 is 2.63 bits per heavy atom. The highest BCUT2D eigenvalue weighted by Gasteiger charge is 2.72. The van der Waals surface area contributed by atoms with Crippen LogP contribution >= 0.6 is 0 Å². The van der Waals surface area contributed by atoms with Crippen LogP contribution in [0, 0.1) is 28.6 Å². The minimum absolute atomic E-state index is 0.0583. The summed E-state index contributed by atoms with van der Waals surface area (Å²) in [6, 6.07) is 0. The van der Waals surface area contributed by atoms with Crippen LogP contribution in [-0.2, 0) is 19.1 Å². The van der Waals surface area contributed by atoms with Crippen molar-refractivity contribution in [3.63, 3.8) is 0 Å². The molecule has 0 radical (unpaired) electrons. The molecule has 8 atom stereocenters. The number of fused-ring (bicyclic) bond motifs is 5. The topological polar surface area (TPSA) is 80.7 Å². The fourth-order valence-electron chi connectivity index (χ4n) is 7.00. The highest BCUT2D eigenvalue weighted by atomic mass is 19.1. The first-order chi connectivity index (χ1) is 13.9. The summed E-state index contributed by atoms with van der Waals surface area (Å²) in [4.78, 5) is 35.7. The molecule has 0 aliphatic heterocycles. The highest BCUT2D eigenvalue weighted by Crippen LogP contribution is 2.69. The lowest BCUT2D eigenvalue weighted by Crippen LogP contribution is -2.68. The van der Waals surface area contributed by atoms with Crippen molar-refractivity contribution in [3.05, 3.63) is 23.8 Å². The van der Waals surface area contributed by atoms with Gasteiger partial charge in [-0.1, -0.05) is 13.0 Å². The van der Waals surface area contributed by atoms with Crippen LogP contribution in [0.5, 0.6) is 0 Å². The molecule has 1 unspecified atom stereocenters. The molecular formula is C23H28F2O5. The third kappa shape index (κ3) is 2.70. The Bertz CT molecular complexity index is 866. The zero-order chi connectivity index (χ0) is 22.1. The zero-order valence-corrected chi connectivity index (χ0v) is 17.5. The first-order valence-corrected chi connectivity index (χ1v) is 10.6. The predicted molar refractivity (Wildman–Crippen MR) is 104 cm³/mol. The summed E-state index contributed by atoms with van der Waals surface area (Å²) in [5.41, 5.74) is -4.15. The minimum atomic E-state index is -2.13. The van der Waals surface area contributed by atoms with E-state index < -0.39 is 46.6 Å². The lowest BCUT2D eigenvalue weighted by molar-refractivity contribution is -0.202. The molecule has 5 nitrogen and oxygen atoms in total. The number of esters is 1. The molecule has 0 bridgehead atoms. The monoisotopic (exact) mass is 422 g/mol. The van der Waals surface area contributed by atoms with Gasteiger partial charge in [-0.25, -0.2) is 8.78 Å². The van der Waals surface area contributed by atoms with E-state index in [0.717, 1.165) is 0 Å². The lowest BCUT2D eigenvalue weighted by Gasteiger charge is -2.62. The van der Waals surface area contributed by atoms with Gasteiger partial charge in [-0.05, 0) is 61.7 Å². The van der Waals surface area contributed by atoms with Gasteiger partial charge in [0.25, 0.3) is 0 Å². The summed E-state index contributed by atoms with van der Waals surface area (Å²) in [5.74, 6) is -2.72. The van der Waals surface area contributed by atoms with Gasteiger partial charge in [0.05, 0.1) is 6.10 Å². The van der Waals surface area contributed by atoms with Crippen LogP contribution in [0.3, 0.4) is 0 Å². The smallest absolute Gasteiger partial charge is 0.303 e. The van der Waals surface area contributed by atoms with Crippen LogP contribution in [0.2, 0.25) is 0 Å². The van der Waals surface area contributed by atoms with Crippen molar-refractivity contribution >= 4 is 17.5 Å². The van der Waals surface area contributed by atoms with E-state index in [1.54, 1.807) is 6.92 Å². The fourth-order valence-corrected chi connectivity index (χ4v) is 7.00. The van der Waals surface area contributed by atoms with Gasteiger partial charge >= 0.3 is 5.97 Å². The normalized spacial score (nSPS) is 47.1. The molecule has 30 heavy (non-hydrogen) atoms. The Balaban J connectivity index is 1.71. The third-order valence-electron chi connectivity index (χ3n) is 8.43. The van der Waals surface area contributed by atoms with Crippen molar-refractivity contribution in [2.75, 3.05) is 6.61 Å². The second kappa shape index (κ2) is 6.81. The molecule has 0 spiro atoms. The molecular weight excluding hydrogens is 394 g/mol. The molecule has 4 rings (SSSR count). The maximum Gasteiger partial charge on any atom is 0.303 e. The molecule has 164 valence electrons. The second-order valence-corrected chi connectivity index (χ2v) is 9.82. The van der Waals surface area contributed by atoms with Gasteiger partial charge in [-0.15, -0.1) is 0 Å². The third-order valence-corrected chi connectivity index (χ3v) is 8.43. The summed E-state index contributed by atoms with van der Waals surface area (Å²) in [5, 5.41) is 11.1. The molecule has 3 fully saturated rings. The van der Waals surface area contributed by atoms with E-state index in [0.29, 0.717) is 12.8 Å². The number of hydrogen-bond acceptors (Lipinski definition) is 5. The maximum absolute atomic E-state index is 16.8. The van der Waals surface area contributed by atoms with E-state index in [2.05, 4.69) is 0 Å². The van der Waals surface area contributed by atoms with Crippen molar-refractivity contribution in [3.8, 4) is 0 Å². The molecule has 0 amide bonds. The Hall–Kier alpha value is -1.89. The summed E-state index contributed by atoms with van der Waals surface area (Å²) in [6.07, 6.45) is 1.90. The van der Waals surface area contributed by atoms with E-state index in [1.807, 2.05) is 6.92 Å². The molecule has 0 saturated heterocycles. The largest absolute Gasteiger partial charge is 0.458 e. The highest BCUT2D eigenvalue weighted by molar-refractivity contribution is 6.01. The van der Waals surface area contributed by atoms with Crippen LogP contribution in [0.25, 0.3) is 0 Å². The van der Waals surface area contributed by atoms with Gasteiger partial charge in [0.2, 0.25) is 0 Å². The van der Waals surface area contributed by atoms with Gasteiger partial charge in [0.15, 0.2) is 17.2 Å². The number of alkyl halides is 2. The summed E-state index contributed by atoms with van der Waals surface area (Å²) >= 11 is 0. The van der Waals surface area contributed by atoms with Crippen molar-refractivity contribution in [2.45, 2.75) is 64.4 Å². The molecule has 0 aromatic carbocycles. The van der Waals surface area contributed by atoms with E-state index in [4.69, 9.17) is 4.74 Å². The zero-order valence-electron chi connectivity index (χ0n) is 17.5. The van der Waals surface area contributed by atoms with Gasteiger partial charge < -0.3 is 9.84 Å².